The Hall–Kier alpha value is -2.23. The second-order valence-electron chi connectivity index (χ2n) is 6.10. The van der Waals surface area contributed by atoms with Crippen LogP contribution in [0, 0.1) is 6.92 Å². The molecule has 2 heterocycles. The second-order valence-corrected chi connectivity index (χ2v) is 9.04. The number of amides is 2. The molecule has 2 N–H and O–H groups in total. The molecule has 0 fully saturated rings. The Balaban J connectivity index is 1.48. The average molecular weight is 433 g/mol. The van der Waals surface area contributed by atoms with Crippen LogP contribution < -0.4 is 10.6 Å². The lowest BCUT2D eigenvalue weighted by Gasteiger charge is -2.00. The van der Waals surface area contributed by atoms with Crippen LogP contribution in [0.15, 0.2) is 39.4 Å². The van der Waals surface area contributed by atoms with Crippen molar-refractivity contribution in [2.75, 3.05) is 12.4 Å². The highest BCUT2D eigenvalue weighted by Gasteiger charge is 2.12. The first-order valence-electron chi connectivity index (χ1n) is 8.59. The Labute approximate surface area is 175 Å². The summed E-state index contributed by atoms with van der Waals surface area (Å²) in [6.07, 6.45) is 0.405. The number of anilines is 1. The number of aryl methyl sites for hydroxylation is 1. The van der Waals surface area contributed by atoms with Crippen molar-refractivity contribution in [1.82, 2.24) is 15.3 Å². The first-order chi connectivity index (χ1) is 13.5. The summed E-state index contributed by atoms with van der Waals surface area (Å²) >= 11 is 4.53. The molecule has 0 radical (unpaired) electrons. The van der Waals surface area contributed by atoms with E-state index in [0.29, 0.717) is 10.8 Å². The molecule has 3 aromatic rings. The van der Waals surface area contributed by atoms with Crippen molar-refractivity contribution in [3.05, 3.63) is 57.5 Å². The van der Waals surface area contributed by atoms with Gasteiger partial charge >= 0.3 is 0 Å². The minimum Gasteiger partial charge on any atom is -0.359 e. The molecule has 0 aliphatic rings. The monoisotopic (exact) mass is 432 g/mol. The minimum absolute atomic E-state index is 0.110. The Bertz CT molecular complexity index is 950. The largest absolute Gasteiger partial charge is 0.359 e. The fourth-order valence-electron chi connectivity index (χ4n) is 2.29. The summed E-state index contributed by atoms with van der Waals surface area (Å²) in [5, 5.41) is 9.50. The van der Waals surface area contributed by atoms with Gasteiger partial charge < -0.3 is 10.6 Å². The van der Waals surface area contributed by atoms with Gasteiger partial charge in [-0.25, -0.2) is 9.97 Å². The smallest absolute Gasteiger partial charge is 0.232 e. The van der Waals surface area contributed by atoms with Gasteiger partial charge in [0.25, 0.3) is 0 Å². The quantitative estimate of drug-likeness (QED) is 0.531. The van der Waals surface area contributed by atoms with E-state index >= 15 is 0 Å². The van der Waals surface area contributed by atoms with E-state index in [9.17, 15) is 9.59 Å². The van der Waals surface area contributed by atoms with Crippen LogP contribution in [0.25, 0.3) is 0 Å². The number of thioether (sulfide) groups is 1. The average Bonchev–Trinajstić information content (AvgIpc) is 3.30. The van der Waals surface area contributed by atoms with E-state index < -0.39 is 0 Å². The van der Waals surface area contributed by atoms with Gasteiger partial charge in [-0.05, 0) is 12.5 Å². The van der Waals surface area contributed by atoms with E-state index in [0.717, 1.165) is 15.8 Å². The molecule has 0 unspecified atom stereocenters. The first kappa shape index (κ1) is 20.5. The fourth-order valence-corrected chi connectivity index (χ4v) is 4.82. The molecule has 0 atom stereocenters. The van der Waals surface area contributed by atoms with Gasteiger partial charge in [0.15, 0.2) is 5.13 Å². The molecule has 3 rings (SSSR count). The molecular weight excluding hydrogens is 412 g/mol. The lowest BCUT2D eigenvalue weighted by atomic mass is 10.2. The maximum atomic E-state index is 12.2. The summed E-state index contributed by atoms with van der Waals surface area (Å²) in [6.45, 7) is 2.07. The predicted octanol–water partition coefficient (Wildman–Crippen LogP) is 3.67. The van der Waals surface area contributed by atoms with E-state index in [1.54, 1.807) is 35.5 Å². The van der Waals surface area contributed by atoms with Gasteiger partial charge in [-0.1, -0.05) is 41.6 Å². The van der Waals surface area contributed by atoms with Crippen LogP contribution in [0.2, 0.25) is 0 Å². The summed E-state index contributed by atoms with van der Waals surface area (Å²) < 4.78 is 0.950. The molecule has 28 heavy (non-hydrogen) atoms. The zero-order chi connectivity index (χ0) is 19.9. The number of benzene rings is 1. The lowest BCUT2D eigenvalue weighted by Crippen LogP contribution is -2.20. The van der Waals surface area contributed by atoms with Crippen LogP contribution in [0.3, 0.4) is 0 Å². The zero-order valence-electron chi connectivity index (χ0n) is 15.5. The SMILES string of the molecule is CNC(=O)Cc1csc(NC(=O)Cc2csc(SCc3ccc(C)cc3)n2)n1. The molecule has 0 bridgehead atoms. The normalized spacial score (nSPS) is 10.6. The number of hydrogen-bond acceptors (Lipinski definition) is 7. The number of carbonyl (C=O) groups excluding carboxylic acids is 2. The third kappa shape index (κ3) is 6.15. The molecule has 6 nitrogen and oxygen atoms in total. The molecule has 0 saturated carbocycles. The summed E-state index contributed by atoms with van der Waals surface area (Å²) in [4.78, 5) is 32.4. The standard InChI is InChI=1S/C19H20N4O2S3/c1-12-3-5-13(6-4-12)9-27-19-22-15(11-28-19)8-17(25)23-18-21-14(10-26-18)7-16(24)20-2/h3-6,10-11H,7-9H2,1-2H3,(H,20,24)(H,21,23,25). The maximum Gasteiger partial charge on any atom is 0.232 e. The van der Waals surface area contributed by atoms with Gasteiger partial charge in [0, 0.05) is 23.6 Å². The van der Waals surface area contributed by atoms with Crippen molar-refractivity contribution >= 4 is 51.4 Å². The second kappa shape index (κ2) is 9.81. The van der Waals surface area contributed by atoms with Gasteiger partial charge in [0.1, 0.15) is 4.34 Å². The number of aromatic nitrogens is 2. The lowest BCUT2D eigenvalue weighted by molar-refractivity contribution is -0.120. The molecule has 9 heteroatoms. The Morgan fingerprint density at radius 1 is 1.00 bits per heavy atom. The molecule has 0 aliphatic carbocycles. The molecule has 0 aliphatic heterocycles. The van der Waals surface area contributed by atoms with Crippen LogP contribution in [0.5, 0.6) is 0 Å². The maximum absolute atomic E-state index is 12.2. The third-order valence-electron chi connectivity index (χ3n) is 3.77. The Morgan fingerprint density at radius 2 is 1.68 bits per heavy atom. The van der Waals surface area contributed by atoms with Crippen molar-refractivity contribution in [2.24, 2.45) is 0 Å². The van der Waals surface area contributed by atoms with Gasteiger partial charge in [-0.2, -0.15) is 0 Å². The Kier molecular flexibility index (Phi) is 7.18. The van der Waals surface area contributed by atoms with Crippen LogP contribution in [0.4, 0.5) is 5.13 Å². The van der Waals surface area contributed by atoms with Crippen molar-refractivity contribution < 1.29 is 9.59 Å². The summed E-state index contributed by atoms with van der Waals surface area (Å²) in [7, 11) is 1.58. The van der Waals surface area contributed by atoms with Gasteiger partial charge in [-0.3, -0.25) is 9.59 Å². The van der Waals surface area contributed by atoms with Crippen molar-refractivity contribution in [1.29, 1.82) is 0 Å². The summed E-state index contributed by atoms with van der Waals surface area (Å²) in [6, 6.07) is 8.45. The number of hydrogen-bond donors (Lipinski definition) is 2. The predicted molar refractivity (Wildman–Crippen MR) is 115 cm³/mol. The number of nitrogens with one attached hydrogen (secondary N) is 2. The van der Waals surface area contributed by atoms with Crippen LogP contribution >= 0.6 is 34.4 Å². The molecular formula is C19H20N4O2S3. The van der Waals surface area contributed by atoms with Crippen molar-refractivity contribution in [2.45, 2.75) is 29.9 Å². The number of thiazole rings is 2. The highest BCUT2D eigenvalue weighted by Crippen LogP contribution is 2.26. The zero-order valence-corrected chi connectivity index (χ0v) is 18.0. The first-order valence-corrected chi connectivity index (χ1v) is 11.3. The van der Waals surface area contributed by atoms with Crippen molar-refractivity contribution in [3.63, 3.8) is 0 Å². The minimum atomic E-state index is -0.166. The van der Waals surface area contributed by atoms with Crippen LogP contribution in [-0.2, 0) is 28.2 Å². The number of rotatable bonds is 8. The van der Waals surface area contributed by atoms with E-state index in [1.807, 2.05) is 5.38 Å². The van der Waals surface area contributed by atoms with Crippen LogP contribution in [0.1, 0.15) is 22.5 Å². The van der Waals surface area contributed by atoms with Crippen molar-refractivity contribution in [3.8, 4) is 0 Å². The molecule has 0 spiro atoms. The van der Waals surface area contributed by atoms with Gasteiger partial charge in [-0.15, -0.1) is 22.7 Å². The van der Waals surface area contributed by atoms with Gasteiger partial charge in [0.2, 0.25) is 11.8 Å². The fraction of sp³-hybridized carbons (Fsp3) is 0.263. The summed E-state index contributed by atoms with van der Waals surface area (Å²) in [5.41, 5.74) is 3.89. The number of nitrogens with zero attached hydrogens (tertiary/aromatic N) is 2. The summed E-state index contributed by atoms with van der Waals surface area (Å²) in [5.74, 6) is 0.578. The number of carbonyl (C=O) groups is 2. The van der Waals surface area contributed by atoms with E-state index in [1.165, 1.54) is 22.5 Å². The van der Waals surface area contributed by atoms with E-state index in [4.69, 9.17) is 0 Å². The molecule has 2 amide bonds. The molecule has 146 valence electrons. The highest BCUT2D eigenvalue weighted by atomic mass is 32.2. The van der Waals surface area contributed by atoms with Gasteiger partial charge in [0.05, 0.1) is 24.2 Å². The molecule has 1 aromatic carbocycles. The van der Waals surface area contributed by atoms with Crippen LogP contribution in [-0.4, -0.2) is 28.8 Å². The number of likely N-dealkylation sites (N-methyl/N-ethyl adjacent to an activating group) is 1. The molecule has 2 aromatic heterocycles. The topological polar surface area (TPSA) is 84.0 Å². The highest BCUT2D eigenvalue weighted by molar-refractivity contribution is 8.00. The Morgan fingerprint density at radius 3 is 2.43 bits per heavy atom. The van der Waals surface area contributed by atoms with E-state index in [-0.39, 0.29) is 24.7 Å². The van der Waals surface area contributed by atoms with E-state index in [2.05, 4.69) is 51.8 Å². The third-order valence-corrected chi connectivity index (χ3v) is 6.72. The molecule has 0 saturated heterocycles.